The molecule has 3 atom stereocenters. The lowest BCUT2D eigenvalue weighted by atomic mass is 9.93. The Bertz CT molecular complexity index is 261. The fourth-order valence-corrected chi connectivity index (χ4v) is 2.23. The number of carbonyl (C=O) groups is 1. The van der Waals surface area contributed by atoms with Gasteiger partial charge < -0.3 is 4.74 Å². The van der Waals surface area contributed by atoms with Crippen LogP contribution in [-0.2, 0) is 9.53 Å². The summed E-state index contributed by atoms with van der Waals surface area (Å²) < 4.78 is 18.4. The van der Waals surface area contributed by atoms with Crippen molar-refractivity contribution in [1.29, 1.82) is 0 Å². The van der Waals surface area contributed by atoms with Gasteiger partial charge in [0.1, 0.15) is 12.2 Å². The molecule has 0 aliphatic carbocycles. The molecule has 0 aromatic carbocycles. The van der Waals surface area contributed by atoms with Crippen molar-refractivity contribution in [3.63, 3.8) is 0 Å². The monoisotopic (exact) mass is 201 g/mol. The van der Waals surface area contributed by atoms with Gasteiger partial charge in [-0.2, -0.15) is 0 Å². The van der Waals surface area contributed by atoms with E-state index < -0.39 is 6.17 Å². The van der Waals surface area contributed by atoms with Gasteiger partial charge in [0, 0.05) is 18.4 Å². The topological polar surface area (TPSA) is 29.5 Å². The van der Waals surface area contributed by atoms with Gasteiger partial charge in [-0.25, -0.2) is 4.39 Å². The Labute approximate surface area is 83.2 Å². The molecule has 4 heteroatoms. The predicted octanol–water partition coefficient (Wildman–Crippen LogP) is 1.33. The lowest BCUT2D eigenvalue weighted by molar-refractivity contribution is -0.148. The molecule has 0 amide bonds. The van der Waals surface area contributed by atoms with Crippen LogP contribution < -0.4 is 0 Å². The van der Waals surface area contributed by atoms with Crippen LogP contribution in [0.5, 0.6) is 0 Å². The molecule has 2 heterocycles. The molecule has 0 N–H and O–H groups in total. The van der Waals surface area contributed by atoms with Crippen LogP contribution in [0.1, 0.15) is 27.2 Å². The molecule has 2 aliphatic heterocycles. The first kappa shape index (κ1) is 9.90. The molecule has 3 nitrogen and oxygen atoms in total. The first-order valence-corrected chi connectivity index (χ1v) is 5.00. The minimum atomic E-state index is -0.877. The third-order valence-electron chi connectivity index (χ3n) is 2.83. The maximum absolute atomic E-state index is 13.1. The Balaban J connectivity index is 2.20. The number of carbonyl (C=O) groups excluding carboxylic acids is 1. The van der Waals surface area contributed by atoms with Crippen molar-refractivity contribution in [3.05, 3.63) is 0 Å². The Morgan fingerprint density at radius 3 is 2.71 bits per heavy atom. The molecule has 0 bridgehead atoms. The van der Waals surface area contributed by atoms with Crippen LogP contribution >= 0.6 is 0 Å². The summed E-state index contributed by atoms with van der Waals surface area (Å²) in [5.41, 5.74) is -0.144. The van der Waals surface area contributed by atoms with Gasteiger partial charge in [-0.05, 0) is 0 Å². The Hall–Kier alpha value is -0.640. The highest BCUT2D eigenvalue weighted by Crippen LogP contribution is 2.37. The van der Waals surface area contributed by atoms with Crippen molar-refractivity contribution in [2.45, 2.75) is 45.6 Å². The molecular weight excluding hydrogens is 185 g/mol. The number of fused-ring (bicyclic) bond motifs is 1. The van der Waals surface area contributed by atoms with Gasteiger partial charge in [-0.15, -0.1) is 0 Å². The van der Waals surface area contributed by atoms with E-state index in [9.17, 15) is 9.18 Å². The molecule has 2 rings (SSSR count). The lowest BCUT2D eigenvalue weighted by Gasteiger charge is -2.31. The van der Waals surface area contributed by atoms with Crippen molar-refractivity contribution in [2.75, 3.05) is 6.54 Å². The zero-order chi connectivity index (χ0) is 10.5. The van der Waals surface area contributed by atoms with Gasteiger partial charge in [0.15, 0.2) is 6.23 Å². The highest BCUT2D eigenvalue weighted by atomic mass is 19.1. The Morgan fingerprint density at radius 2 is 2.14 bits per heavy atom. The van der Waals surface area contributed by atoms with Crippen LogP contribution in [0.4, 0.5) is 4.39 Å². The second-order valence-corrected chi connectivity index (χ2v) is 5.20. The number of ether oxygens (including phenoxy) is 1. The molecule has 0 unspecified atom stereocenters. The van der Waals surface area contributed by atoms with Crippen molar-refractivity contribution < 1.29 is 13.9 Å². The molecule has 0 saturated carbocycles. The van der Waals surface area contributed by atoms with Gasteiger partial charge in [0.2, 0.25) is 0 Å². The van der Waals surface area contributed by atoms with Gasteiger partial charge in [-0.1, -0.05) is 20.8 Å². The van der Waals surface area contributed by atoms with E-state index in [-0.39, 0.29) is 23.7 Å². The van der Waals surface area contributed by atoms with E-state index in [1.54, 1.807) is 0 Å². The van der Waals surface area contributed by atoms with Gasteiger partial charge in [0.25, 0.3) is 0 Å². The molecule has 2 fully saturated rings. The van der Waals surface area contributed by atoms with Gasteiger partial charge in [-0.3, -0.25) is 9.69 Å². The van der Waals surface area contributed by atoms with Crippen LogP contribution in [0.15, 0.2) is 0 Å². The first-order chi connectivity index (χ1) is 6.39. The Morgan fingerprint density at radius 1 is 1.50 bits per heavy atom. The van der Waals surface area contributed by atoms with Crippen molar-refractivity contribution in [2.24, 2.45) is 5.41 Å². The second kappa shape index (κ2) is 2.92. The van der Waals surface area contributed by atoms with E-state index in [0.29, 0.717) is 13.0 Å². The van der Waals surface area contributed by atoms with E-state index >= 15 is 0 Å². The third-order valence-corrected chi connectivity index (χ3v) is 2.83. The fraction of sp³-hybridized carbons (Fsp3) is 0.900. The minimum Gasteiger partial charge on any atom is -0.445 e. The van der Waals surface area contributed by atoms with E-state index in [2.05, 4.69) is 0 Å². The zero-order valence-electron chi connectivity index (χ0n) is 8.79. The summed E-state index contributed by atoms with van der Waals surface area (Å²) in [5.74, 6) is -0.259. The number of cyclic esters (lactones) is 1. The smallest absolute Gasteiger partial charge is 0.325 e. The van der Waals surface area contributed by atoms with E-state index in [0.717, 1.165) is 0 Å². The molecule has 14 heavy (non-hydrogen) atoms. The molecule has 0 aromatic rings. The number of esters is 1. The predicted molar refractivity (Wildman–Crippen MR) is 49.3 cm³/mol. The van der Waals surface area contributed by atoms with E-state index in [4.69, 9.17) is 4.74 Å². The summed E-state index contributed by atoms with van der Waals surface area (Å²) in [4.78, 5) is 13.3. The number of rotatable bonds is 0. The second-order valence-electron chi connectivity index (χ2n) is 5.20. The minimum absolute atomic E-state index is 0.144. The van der Waals surface area contributed by atoms with Crippen LogP contribution in [0, 0.1) is 5.41 Å². The van der Waals surface area contributed by atoms with Crippen LogP contribution in [-0.4, -0.2) is 35.9 Å². The Kier molecular flexibility index (Phi) is 2.07. The number of hydrogen-bond acceptors (Lipinski definition) is 3. The quantitative estimate of drug-likeness (QED) is 0.554. The lowest BCUT2D eigenvalue weighted by Crippen LogP contribution is -2.41. The van der Waals surface area contributed by atoms with Crippen molar-refractivity contribution >= 4 is 5.97 Å². The van der Waals surface area contributed by atoms with Crippen molar-refractivity contribution in [3.8, 4) is 0 Å². The summed E-state index contributed by atoms with van der Waals surface area (Å²) in [7, 11) is 0. The molecule has 80 valence electrons. The highest BCUT2D eigenvalue weighted by Gasteiger charge is 2.52. The normalized spacial score (nSPS) is 38.6. The van der Waals surface area contributed by atoms with E-state index in [1.807, 2.05) is 25.7 Å². The number of halogens is 1. The summed E-state index contributed by atoms with van der Waals surface area (Å²) in [6, 6.07) is -0.339. The standard InChI is InChI=1S/C10H16FNO2/c1-10(2,3)9-12-5-6(11)4-7(12)8(13)14-9/h6-7,9H,4-5H2,1-3H3/t6-,7+,9-/m1/s1. The maximum atomic E-state index is 13.1. The van der Waals surface area contributed by atoms with E-state index in [1.165, 1.54) is 0 Å². The molecule has 2 aliphatic rings. The number of nitrogens with zero attached hydrogens (tertiary/aromatic N) is 1. The molecule has 2 saturated heterocycles. The van der Waals surface area contributed by atoms with Crippen LogP contribution in [0.25, 0.3) is 0 Å². The van der Waals surface area contributed by atoms with Crippen LogP contribution in [0.2, 0.25) is 0 Å². The third kappa shape index (κ3) is 1.41. The average Bonchev–Trinajstić information content (AvgIpc) is 2.49. The van der Waals surface area contributed by atoms with Gasteiger partial charge in [0.05, 0.1) is 0 Å². The SMILES string of the molecule is CC(C)(C)[C@H]1OC(=O)[C@@H]2C[C@@H](F)CN21. The largest absolute Gasteiger partial charge is 0.445 e. The fourth-order valence-electron chi connectivity index (χ4n) is 2.23. The number of hydrogen-bond donors (Lipinski definition) is 0. The highest BCUT2D eigenvalue weighted by molar-refractivity contribution is 5.78. The van der Waals surface area contributed by atoms with Crippen LogP contribution in [0.3, 0.4) is 0 Å². The summed E-state index contributed by atoms with van der Waals surface area (Å²) in [6.45, 7) is 6.33. The molecule has 0 spiro atoms. The molecule has 0 aromatic heterocycles. The summed E-state index contributed by atoms with van der Waals surface area (Å²) >= 11 is 0. The van der Waals surface area contributed by atoms with Gasteiger partial charge >= 0.3 is 5.97 Å². The summed E-state index contributed by atoms with van der Waals surface area (Å²) in [6.07, 6.45) is -0.843. The number of alkyl halides is 1. The molecule has 0 radical (unpaired) electrons. The molecular formula is C10H16FNO2. The first-order valence-electron chi connectivity index (χ1n) is 5.00. The zero-order valence-corrected chi connectivity index (χ0v) is 8.79. The maximum Gasteiger partial charge on any atom is 0.325 e. The average molecular weight is 201 g/mol. The van der Waals surface area contributed by atoms with Crippen molar-refractivity contribution in [1.82, 2.24) is 4.90 Å². The summed E-state index contributed by atoms with van der Waals surface area (Å²) in [5, 5.41) is 0.